The van der Waals surface area contributed by atoms with Gasteiger partial charge in [0.05, 0.1) is 12.6 Å². The van der Waals surface area contributed by atoms with Gasteiger partial charge in [-0.05, 0) is 30.3 Å². The average Bonchev–Trinajstić information content (AvgIpc) is 3.20. The lowest BCUT2D eigenvalue weighted by Gasteiger charge is -2.08. The van der Waals surface area contributed by atoms with Crippen LogP contribution in [0.15, 0.2) is 65.2 Å². The number of para-hydroxylation sites is 1. The fraction of sp³-hybridized carbons (Fsp3) is 0.143. The van der Waals surface area contributed by atoms with E-state index in [1.165, 1.54) is 0 Å². The van der Waals surface area contributed by atoms with Crippen LogP contribution < -0.4 is 10.1 Å². The van der Waals surface area contributed by atoms with Crippen molar-refractivity contribution in [2.24, 2.45) is 0 Å². The highest BCUT2D eigenvalue weighted by atomic mass is 16.5. The lowest BCUT2D eigenvalue weighted by molar-refractivity contribution is -0.120. The number of rotatable bonds is 6. The molecule has 2 aromatic heterocycles. The number of nitrogens with zero attached hydrogens (tertiary/aromatic N) is 3. The minimum atomic E-state index is -0.205. The summed E-state index contributed by atoms with van der Waals surface area (Å²) in [6.45, 7) is 0.363. The zero-order valence-corrected chi connectivity index (χ0v) is 15.3. The monoisotopic (exact) mass is 374 g/mol. The quantitative estimate of drug-likeness (QED) is 0.558. The fourth-order valence-electron chi connectivity index (χ4n) is 2.89. The van der Waals surface area contributed by atoms with Gasteiger partial charge < -0.3 is 14.5 Å². The van der Waals surface area contributed by atoms with Crippen LogP contribution in [0.1, 0.15) is 11.5 Å². The molecule has 4 rings (SSSR count). The second-order valence-electron chi connectivity index (χ2n) is 6.18. The number of methoxy groups -OCH3 is 1. The van der Waals surface area contributed by atoms with Gasteiger partial charge in [0.25, 0.3) is 0 Å². The van der Waals surface area contributed by atoms with E-state index in [1.807, 2.05) is 54.6 Å². The number of aromatic nitrogens is 3. The number of benzene rings is 2. The minimum Gasteiger partial charge on any atom is -0.496 e. The van der Waals surface area contributed by atoms with Gasteiger partial charge in [0.15, 0.2) is 0 Å². The summed E-state index contributed by atoms with van der Waals surface area (Å²) in [6.07, 6.45) is 1.76. The van der Waals surface area contributed by atoms with Crippen molar-refractivity contribution in [1.82, 2.24) is 20.5 Å². The molecule has 0 saturated carbocycles. The highest BCUT2D eigenvalue weighted by Gasteiger charge is 2.13. The summed E-state index contributed by atoms with van der Waals surface area (Å²) >= 11 is 0. The molecule has 0 atom stereocenters. The highest BCUT2D eigenvalue weighted by Crippen LogP contribution is 2.22. The Morgan fingerprint density at radius 2 is 2.00 bits per heavy atom. The Labute approximate surface area is 161 Å². The first kappa shape index (κ1) is 17.7. The van der Waals surface area contributed by atoms with Gasteiger partial charge >= 0.3 is 0 Å². The molecule has 0 spiro atoms. The maximum absolute atomic E-state index is 12.2. The molecular formula is C21H18N4O3. The maximum atomic E-state index is 12.2. The first-order valence-corrected chi connectivity index (χ1v) is 8.79. The Hall–Kier alpha value is -3.74. The zero-order chi connectivity index (χ0) is 19.3. The van der Waals surface area contributed by atoms with Crippen LogP contribution in [0.3, 0.4) is 0 Å². The zero-order valence-electron chi connectivity index (χ0n) is 15.3. The van der Waals surface area contributed by atoms with Crippen LogP contribution in [-0.4, -0.2) is 28.2 Å². The summed E-state index contributed by atoms with van der Waals surface area (Å²) in [6, 6.07) is 17.1. The maximum Gasteiger partial charge on any atom is 0.247 e. The predicted molar refractivity (Wildman–Crippen MR) is 104 cm³/mol. The van der Waals surface area contributed by atoms with Crippen LogP contribution in [0.2, 0.25) is 0 Å². The summed E-state index contributed by atoms with van der Waals surface area (Å²) in [7, 11) is 1.60. The summed E-state index contributed by atoms with van der Waals surface area (Å²) in [5.41, 5.74) is 2.57. The SMILES string of the molecule is COc1ccccc1CNC(=O)Cc1nnc(-c2ccc3ncccc3c2)o1. The molecule has 1 N–H and O–H groups in total. The molecule has 7 heteroatoms. The number of carbonyl (C=O) groups excluding carboxylic acids is 1. The molecule has 28 heavy (non-hydrogen) atoms. The van der Waals surface area contributed by atoms with E-state index < -0.39 is 0 Å². The van der Waals surface area contributed by atoms with Crippen molar-refractivity contribution in [3.63, 3.8) is 0 Å². The number of carbonyl (C=O) groups is 1. The third kappa shape index (κ3) is 3.83. The van der Waals surface area contributed by atoms with Crippen molar-refractivity contribution >= 4 is 16.8 Å². The largest absolute Gasteiger partial charge is 0.496 e. The lowest BCUT2D eigenvalue weighted by atomic mass is 10.1. The summed E-state index contributed by atoms with van der Waals surface area (Å²) < 4.78 is 10.9. The summed E-state index contributed by atoms with van der Waals surface area (Å²) in [4.78, 5) is 16.5. The third-order valence-corrected chi connectivity index (χ3v) is 4.30. The fourth-order valence-corrected chi connectivity index (χ4v) is 2.89. The number of ether oxygens (including phenoxy) is 1. The molecule has 1 amide bonds. The molecule has 0 aliphatic heterocycles. The number of amides is 1. The second kappa shape index (κ2) is 7.87. The van der Waals surface area contributed by atoms with Crippen molar-refractivity contribution < 1.29 is 13.9 Å². The van der Waals surface area contributed by atoms with Crippen LogP contribution in [0.25, 0.3) is 22.4 Å². The van der Waals surface area contributed by atoms with Gasteiger partial charge in [-0.3, -0.25) is 9.78 Å². The molecule has 0 radical (unpaired) electrons. The van der Waals surface area contributed by atoms with E-state index >= 15 is 0 Å². The molecule has 0 unspecified atom stereocenters. The Balaban J connectivity index is 1.42. The Morgan fingerprint density at radius 3 is 2.89 bits per heavy atom. The average molecular weight is 374 g/mol. The van der Waals surface area contributed by atoms with Gasteiger partial charge in [0.1, 0.15) is 12.2 Å². The molecule has 4 aromatic rings. The summed E-state index contributed by atoms with van der Waals surface area (Å²) in [5, 5.41) is 11.9. The van der Waals surface area contributed by atoms with Crippen molar-refractivity contribution in [2.45, 2.75) is 13.0 Å². The van der Waals surface area contributed by atoms with E-state index in [9.17, 15) is 4.79 Å². The van der Waals surface area contributed by atoms with Crippen molar-refractivity contribution in [2.75, 3.05) is 7.11 Å². The van der Waals surface area contributed by atoms with Gasteiger partial charge in [-0.1, -0.05) is 24.3 Å². The predicted octanol–water partition coefficient (Wildman–Crippen LogP) is 3.15. The smallest absolute Gasteiger partial charge is 0.247 e. The highest BCUT2D eigenvalue weighted by molar-refractivity contribution is 5.82. The van der Waals surface area contributed by atoms with Gasteiger partial charge in [-0.25, -0.2) is 0 Å². The van der Waals surface area contributed by atoms with E-state index in [0.717, 1.165) is 27.8 Å². The van der Waals surface area contributed by atoms with Crippen LogP contribution in [0.4, 0.5) is 0 Å². The summed E-state index contributed by atoms with van der Waals surface area (Å²) in [5.74, 6) is 1.16. The van der Waals surface area contributed by atoms with E-state index in [0.29, 0.717) is 12.4 Å². The first-order chi connectivity index (χ1) is 13.7. The molecule has 2 aromatic carbocycles. The lowest BCUT2D eigenvalue weighted by Crippen LogP contribution is -2.24. The van der Waals surface area contributed by atoms with Crippen LogP contribution >= 0.6 is 0 Å². The number of nitrogens with one attached hydrogen (secondary N) is 1. The Morgan fingerprint density at radius 1 is 1.11 bits per heavy atom. The molecule has 7 nitrogen and oxygen atoms in total. The normalized spacial score (nSPS) is 10.8. The first-order valence-electron chi connectivity index (χ1n) is 8.79. The topological polar surface area (TPSA) is 90.1 Å². The standard InChI is InChI=1S/C21H18N4O3/c1-27-18-7-3-2-5-16(18)13-23-19(26)12-20-24-25-21(28-20)15-8-9-17-14(11-15)6-4-10-22-17/h2-11H,12-13H2,1H3,(H,23,26). The minimum absolute atomic E-state index is 0.0112. The van der Waals surface area contributed by atoms with Crippen molar-refractivity contribution in [3.05, 3.63) is 72.2 Å². The molecular weight excluding hydrogens is 356 g/mol. The van der Waals surface area contributed by atoms with Crippen LogP contribution in [-0.2, 0) is 17.8 Å². The van der Waals surface area contributed by atoms with E-state index in [4.69, 9.17) is 9.15 Å². The molecule has 0 fully saturated rings. The van der Waals surface area contributed by atoms with E-state index in [-0.39, 0.29) is 18.2 Å². The number of pyridine rings is 1. The van der Waals surface area contributed by atoms with Gasteiger partial charge in [0.2, 0.25) is 17.7 Å². The number of hydrogen-bond donors (Lipinski definition) is 1. The second-order valence-corrected chi connectivity index (χ2v) is 6.18. The molecule has 0 aliphatic rings. The van der Waals surface area contributed by atoms with Gasteiger partial charge in [-0.2, -0.15) is 0 Å². The molecule has 0 bridgehead atoms. The van der Waals surface area contributed by atoms with E-state index in [1.54, 1.807) is 13.3 Å². The molecule has 0 aliphatic carbocycles. The Bertz CT molecular complexity index is 1120. The van der Waals surface area contributed by atoms with Crippen molar-refractivity contribution in [3.8, 4) is 17.2 Å². The van der Waals surface area contributed by atoms with Crippen LogP contribution in [0.5, 0.6) is 5.75 Å². The molecule has 140 valence electrons. The van der Waals surface area contributed by atoms with E-state index in [2.05, 4.69) is 20.5 Å². The number of fused-ring (bicyclic) bond motifs is 1. The molecule has 0 saturated heterocycles. The van der Waals surface area contributed by atoms with Crippen LogP contribution in [0, 0.1) is 0 Å². The number of hydrogen-bond acceptors (Lipinski definition) is 6. The van der Waals surface area contributed by atoms with Crippen molar-refractivity contribution in [1.29, 1.82) is 0 Å². The Kier molecular flexibility index (Phi) is 4.97. The van der Waals surface area contributed by atoms with Gasteiger partial charge in [-0.15, -0.1) is 10.2 Å². The molecule has 2 heterocycles. The van der Waals surface area contributed by atoms with Gasteiger partial charge in [0, 0.05) is 29.3 Å². The third-order valence-electron chi connectivity index (χ3n) is 4.30.